The lowest BCUT2D eigenvalue weighted by Crippen LogP contribution is -2.53. The highest BCUT2D eigenvalue weighted by molar-refractivity contribution is 7.80. The first-order valence-electron chi connectivity index (χ1n) is 13.0. The van der Waals surface area contributed by atoms with Gasteiger partial charge in [-0.1, -0.05) is 55.8 Å². The van der Waals surface area contributed by atoms with E-state index in [-0.39, 0.29) is 18.0 Å². The zero-order valence-corrected chi connectivity index (χ0v) is 23.7. The highest BCUT2D eigenvalue weighted by Crippen LogP contribution is 2.27. The Hall–Kier alpha value is -3.72. The van der Waals surface area contributed by atoms with E-state index < -0.39 is 35.6 Å². The number of phenolic OH excluding ortho intramolecular Hbond substituents is 1. The molecule has 0 fully saturated rings. The van der Waals surface area contributed by atoms with Crippen LogP contribution >= 0.6 is 12.6 Å². The number of fused-ring (bicyclic) bond motifs is 1. The van der Waals surface area contributed by atoms with E-state index in [1.54, 1.807) is 32.9 Å². The highest BCUT2D eigenvalue weighted by atomic mass is 32.1. The van der Waals surface area contributed by atoms with E-state index in [0.29, 0.717) is 17.7 Å². The fourth-order valence-electron chi connectivity index (χ4n) is 4.14. The Morgan fingerprint density at radius 1 is 1.00 bits per heavy atom. The van der Waals surface area contributed by atoms with Gasteiger partial charge in [0, 0.05) is 18.0 Å². The number of ether oxygens (including phenoxy) is 1. The first-order chi connectivity index (χ1) is 18.5. The highest BCUT2D eigenvalue weighted by Gasteiger charge is 2.35. The van der Waals surface area contributed by atoms with Gasteiger partial charge < -0.3 is 25.4 Å². The van der Waals surface area contributed by atoms with Crippen LogP contribution in [0.1, 0.15) is 52.1 Å². The van der Waals surface area contributed by atoms with Gasteiger partial charge in [-0.25, -0.2) is 4.79 Å². The lowest BCUT2D eigenvalue weighted by atomic mass is 10.0. The number of aromatic hydroxyl groups is 1. The third-order valence-electron chi connectivity index (χ3n) is 5.99. The maximum atomic E-state index is 13.9. The fourth-order valence-corrected chi connectivity index (χ4v) is 4.39. The van der Waals surface area contributed by atoms with E-state index >= 15 is 0 Å². The number of unbranched alkanes of at least 4 members (excludes halogenated alkanes) is 1. The predicted octanol–water partition coefficient (Wildman–Crippen LogP) is 5.68. The summed E-state index contributed by atoms with van der Waals surface area (Å²) in [6.45, 7) is 7.45. The summed E-state index contributed by atoms with van der Waals surface area (Å²) in [5, 5.41) is 17.4. The molecule has 2 unspecified atom stereocenters. The van der Waals surface area contributed by atoms with Crippen LogP contribution in [-0.4, -0.2) is 51.9 Å². The SMILES string of the molecule is CCCCN(C(=O)C(CS)NC(=O)OC(C)(C)C)C(C(=O)Nc1ccc2ccccc2c1)c1ccc(O)cc1. The van der Waals surface area contributed by atoms with Crippen molar-refractivity contribution >= 4 is 47.0 Å². The van der Waals surface area contributed by atoms with Crippen LogP contribution in [0.15, 0.2) is 66.7 Å². The summed E-state index contributed by atoms with van der Waals surface area (Å²) >= 11 is 4.31. The molecule has 3 N–H and O–H groups in total. The molecule has 3 rings (SSSR count). The third kappa shape index (κ3) is 8.38. The first-order valence-corrected chi connectivity index (χ1v) is 13.6. The Labute approximate surface area is 235 Å². The minimum atomic E-state index is -1.03. The number of carbonyl (C=O) groups is 3. The van der Waals surface area contributed by atoms with Gasteiger partial charge in [-0.15, -0.1) is 0 Å². The number of hydrogen-bond acceptors (Lipinski definition) is 6. The topological polar surface area (TPSA) is 108 Å². The number of amides is 3. The van der Waals surface area contributed by atoms with E-state index in [9.17, 15) is 19.5 Å². The summed E-state index contributed by atoms with van der Waals surface area (Å²) in [5.74, 6) is -0.833. The van der Waals surface area contributed by atoms with Crippen molar-refractivity contribution in [1.29, 1.82) is 0 Å². The van der Waals surface area contributed by atoms with E-state index in [1.165, 1.54) is 17.0 Å². The van der Waals surface area contributed by atoms with Gasteiger partial charge >= 0.3 is 6.09 Å². The molecule has 0 radical (unpaired) electrons. The molecule has 39 heavy (non-hydrogen) atoms. The molecule has 9 heteroatoms. The van der Waals surface area contributed by atoms with Gasteiger partial charge in [0.05, 0.1) is 0 Å². The summed E-state index contributed by atoms with van der Waals surface area (Å²) in [6, 6.07) is 17.6. The van der Waals surface area contributed by atoms with Crippen LogP contribution in [0.2, 0.25) is 0 Å². The molecule has 208 valence electrons. The van der Waals surface area contributed by atoms with Gasteiger partial charge in [0.2, 0.25) is 5.91 Å². The number of thiol groups is 1. The maximum absolute atomic E-state index is 13.9. The number of nitrogens with zero attached hydrogens (tertiary/aromatic N) is 1. The average Bonchev–Trinajstić information content (AvgIpc) is 2.89. The van der Waals surface area contributed by atoms with Crippen molar-refractivity contribution in [1.82, 2.24) is 10.2 Å². The van der Waals surface area contributed by atoms with Crippen LogP contribution in [-0.2, 0) is 14.3 Å². The summed E-state index contributed by atoms with van der Waals surface area (Å²) < 4.78 is 5.34. The molecule has 0 aromatic heterocycles. The van der Waals surface area contributed by atoms with Crippen molar-refractivity contribution in [3.8, 4) is 5.75 Å². The van der Waals surface area contributed by atoms with Gasteiger partial charge in [0.1, 0.15) is 23.4 Å². The summed E-state index contributed by atoms with van der Waals surface area (Å²) in [5.41, 5.74) is 0.360. The van der Waals surface area contributed by atoms with E-state index in [0.717, 1.165) is 17.2 Å². The van der Waals surface area contributed by atoms with Crippen molar-refractivity contribution in [2.75, 3.05) is 17.6 Å². The Morgan fingerprint density at radius 3 is 2.28 bits per heavy atom. The first kappa shape index (κ1) is 29.8. The second-order valence-electron chi connectivity index (χ2n) is 10.3. The number of alkyl carbamates (subject to hydrolysis) is 1. The van der Waals surface area contributed by atoms with Gasteiger partial charge in [0.15, 0.2) is 0 Å². The Bertz CT molecular complexity index is 1290. The Balaban J connectivity index is 1.97. The normalized spacial score (nSPS) is 12.8. The van der Waals surface area contributed by atoms with Crippen LogP contribution in [0.3, 0.4) is 0 Å². The standard InChI is InChI=1S/C30H37N3O5S/c1-5-6-17-33(28(36)25(19-39)32-29(37)38-30(2,3)4)26(21-12-15-24(34)16-13-21)27(35)31-23-14-11-20-9-7-8-10-22(20)18-23/h7-16,18,25-26,34,39H,5-6,17,19H2,1-4H3,(H,31,35)(H,32,37). The number of phenols is 1. The predicted molar refractivity (Wildman–Crippen MR) is 157 cm³/mol. The molecule has 0 heterocycles. The molecular formula is C30H37N3O5S. The van der Waals surface area contributed by atoms with E-state index in [1.807, 2.05) is 49.4 Å². The Morgan fingerprint density at radius 2 is 1.67 bits per heavy atom. The van der Waals surface area contributed by atoms with Gasteiger partial charge in [-0.3, -0.25) is 9.59 Å². The maximum Gasteiger partial charge on any atom is 0.408 e. The molecule has 3 aromatic rings. The minimum absolute atomic E-state index is 0.00922. The van der Waals surface area contributed by atoms with Crippen molar-refractivity contribution in [3.05, 3.63) is 72.3 Å². The zero-order chi connectivity index (χ0) is 28.6. The quantitative estimate of drug-likeness (QED) is 0.243. The van der Waals surface area contributed by atoms with Crippen molar-refractivity contribution in [2.45, 2.75) is 58.2 Å². The third-order valence-corrected chi connectivity index (χ3v) is 6.36. The van der Waals surface area contributed by atoms with Gasteiger partial charge in [0.25, 0.3) is 5.91 Å². The molecular weight excluding hydrogens is 514 g/mol. The second-order valence-corrected chi connectivity index (χ2v) is 10.7. The molecule has 0 aliphatic carbocycles. The summed E-state index contributed by atoms with van der Waals surface area (Å²) in [6.07, 6.45) is 0.672. The van der Waals surface area contributed by atoms with Crippen molar-refractivity contribution in [3.63, 3.8) is 0 Å². The van der Waals surface area contributed by atoms with Crippen LogP contribution in [0.5, 0.6) is 5.75 Å². The van der Waals surface area contributed by atoms with E-state index in [2.05, 4.69) is 23.3 Å². The number of benzene rings is 3. The smallest absolute Gasteiger partial charge is 0.408 e. The summed E-state index contributed by atoms with van der Waals surface area (Å²) in [7, 11) is 0. The van der Waals surface area contributed by atoms with Gasteiger partial charge in [-0.05, 0) is 67.8 Å². The van der Waals surface area contributed by atoms with Crippen molar-refractivity contribution in [2.24, 2.45) is 0 Å². The molecule has 0 spiro atoms. The number of anilines is 1. The minimum Gasteiger partial charge on any atom is -0.508 e. The average molecular weight is 552 g/mol. The molecule has 0 aliphatic rings. The van der Waals surface area contributed by atoms with Crippen LogP contribution in [0.4, 0.5) is 10.5 Å². The second kappa shape index (κ2) is 13.4. The largest absolute Gasteiger partial charge is 0.508 e. The number of rotatable bonds is 10. The van der Waals surface area contributed by atoms with E-state index in [4.69, 9.17) is 4.74 Å². The van der Waals surface area contributed by atoms with Crippen LogP contribution in [0.25, 0.3) is 10.8 Å². The monoisotopic (exact) mass is 551 g/mol. The zero-order valence-electron chi connectivity index (χ0n) is 22.8. The molecule has 8 nitrogen and oxygen atoms in total. The number of hydrogen-bond donors (Lipinski definition) is 4. The molecule has 0 bridgehead atoms. The molecule has 0 saturated heterocycles. The number of nitrogens with one attached hydrogen (secondary N) is 2. The Kier molecular flexibility index (Phi) is 10.2. The summed E-state index contributed by atoms with van der Waals surface area (Å²) in [4.78, 5) is 41.7. The molecule has 3 amide bonds. The molecule has 0 aliphatic heterocycles. The molecule has 0 saturated carbocycles. The number of carbonyl (C=O) groups excluding carboxylic acids is 3. The van der Waals surface area contributed by atoms with Crippen LogP contribution in [0, 0.1) is 0 Å². The van der Waals surface area contributed by atoms with Crippen molar-refractivity contribution < 1.29 is 24.2 Å². The lowest BCUT2D eigenvalue weighted by Gasteiger charge is -2.34. The molecule has 2 atom stereocenters. The fraction of sp³-hybridized carbons (Fsp3) is 0.367. The van der Waals surface area contributed by atoms with Crippen LogP contribution < -0.4 is 10.6 Å². The molecule has 3 aromatic carbocycles. The lowest BCUT2D eigenvalue weighted by molar-refractivity contribution is -0.140. The van der Waals surface area contributed by atoms with Gasteiger partial charge in [-0.2, -0.15) is 12.6 Å².